The van der Waals surface area contributed by atoms with Gasteiger partial charge >= 0.3 is 5.97 Å². The SMILES string of the molecule is CCc1nc2ccccc2c(C(=O)OCC(=O)N[C@H](C)c2ccccc2)c1C. The molecule has 0 bridgehead atoms. The number of para-hydroxylation sites is 1. The molecule has 0 saturated carbocycles. The monoisotopic (exact) mass is 376 g/mol. The third-order valence-corrected chi connectivity index (χ3v) is 4.79. The minimum Gasteiger partial charge on any atom is -0.452 e. The van der Waals surface area contributed by atoms with Crippen LogP contribution in [0.15, 0.2) is 54.6 Å². The van der Waals surface area contributed by atoms with Crippen LogP contribution in [0.2, 0.25) is 0 Å². The first-order valence-corrected chi connectivity index (χ1v) is 9.41. The summed E-state index contributed by atoms with van der Waals surface area (Å²) in [5.74, 6) is -0.843. The first kappa shape index (κ1) is 19.5. The van der Waals surface area contributed by atoms with Crippen molar-refractivity contribution in [2.45, 2.75) is 33.2 Å². The predicted octanol–water partition coefficient (Wildman–Crippen LogP) is 4.14. The zero-order chi connectivity index (χ0) is 20.1. The Morgan fingerprint density at radius 2 is 1.75 bits per heavy atom. The van der Waals surface area contributed by atoms with Gasteiger partial charge in [-0.2, -0.15) is 0 Å². The molecule has 0 spiro atoms. The number of aryl methyl sites for hydroxylation is 1. The van der Waals surface area contributed by atoms with Gasteiger partial charge < -0.3 is 10.1 Å². The van der Waals surface area contributed by atoms with Gasteiger partial charge in [-0.15, -0.1) is 0 Å². The van der Waals surface area contributed by atoms with Crippen molar-refractivity contribution in [1.82, 2.24) is 10.3 Å². The van der Waals surface area contributed by atoms with Crippen LogP contribution in [0, 0.1) is 6.92 Å². The van der Waals surface area contributed by atoms with E-state index in [0.717, 1.165) is 27.7 Å². The smallest absolute Gasteiger partial charge is 0.339 e. The van der Waals surface area contributed by atoms with E-state index in [4.69, 9.17) is 4.74 Å². The Kier molecular flexibility index (Phi) is 6.04. The van der Waals surface area contributed by atoms with E-state index in [0.29, 0.717) is 12.0 Å². The molecular weight excluding hydrogens is 352 g/mol. The number of fused-ring (bicyclic) bond motifs is 1. The summed E-state index contributed by atoms with van der Waals surface area (Å²) in [6, 6.07) is 16.9. The molecule has 3 rings (SSSR count). The van der Waals surface area contributed by atoms with Gasteiger partial charge in [0.1, 0.15) is 0 Å². The fourth-order valence-corrected chi connectivity index (χ4v) is 3.28. The molecule has 0 aliphatic rings. The van der Waals surface area contributed by atoms with Crippen LogP contribution in [0.4, 0.5) is 0 Å². The highest BCUT2D eigenvalue weighted by molar-refractivity contribution is 6.05. The summed E-state index contributed by atoms with van der Waals surface area (Å²) in [6.07, 6.45) is 0.714. The van der Waals surface area contributed by atoms with E-state index in [1.54, 1.807) is 0 Å². The highest BCUT2D eigenvalue weighted by Gasteiger charge is 2.20. The average molecular weight is 376 g/mol. The fourth-order valence-electron chi connectivity index (χ4n) is 3.28. The Morgan fingerprint density at radius 1 is 1.07 bits per heavy atom. The van der Waals surface area contributed by atoms with Gasteiger partial charge in [-0.3, -0.25) is 9.78 Å². The first-order chi connectivity index (χ1) is 13.5. The number of nitrogens with zero attached hydrogens (tertiary/aromatic N) is 1. The van der Waals surface area contributed by atoms with Crippen molar-refractivity contribution in [2.75, 3.05) is 6.61 Å². The number of hydrogen-bond donors (Lipinski definition) is 1. The molecule has 28 heavy (non-hydrogen) atoms. The van der Waals surface area contributed by atoms with Gasteiger partial charge in [-0.25, -0.2) is 4.79 Å². The molecule has 1 N–H and O–H groups in total. The van der Waals surface area contributed by atoms with Gasteiger partial charge in [-0.1, -0.05) is 55.5 Å². The molecule has 0 fully saturated rings. The number of pyridine rings is 1. The van der Waals surface area contributed by atoms with Gasteiger partial charge in [0, 0.05) is 11.1 Å². The minimum absolute atomic E-state index is 0.164. The second-order valence-electron chi connectivity index (χ2n) is 6.71. The third-order valence-electron chi connectivity index (χ3n) is 4.79. The van der Waals surface area contributed by atoms with Crippen LogP contribution in [0.25, 0.3) is 10.9 Å². The highest BCUT2D eigenvalue weighted by Crippen LogP contribution is 2.24. The number of esters is 1. The van der Waals surface area contributed by atoms with Crippen molar-refractivity contribution in [1.29, 1.82) is 0 Å². The molecule has 1 aromatic heterocycles. The Labute approximate surface area is 164 Å². The Morgan fingerprint density at radius 3 is 2.46 bits per heavy atom. The maximum Gasteiger partial charge on any atom is 0.339 e. The molecule has 0 radical (unpaired) electrons. The summed E-state index contributed by atoms with van der Waals surface area (Å²) >= 11 is 0. The number of nitrogens with one attached hydrogen (secondary N) is 1. The van der Waals surface area contributed by atoms with Crippen molar-refractivity contribution in [3.05, 3.63) is 77.0 Å². The minimum atomic E-state index is -0.506. The van der Waals surface area contributed by atoms with E-state index >= 15 is 0 Å². The van der Waals surface area contributed by atoms with E-state index in [1.165, 1.54) is 0 Å². The van der Waals surface area contributed by atoms with E-state index in [9.17, 15) is 9.59 Å². The van der Waals surface area contributed by atoms with Gasteiger partial charge in [0.05, 0.1) is 17.1 Å². The molecule has 3 aromatic rings. The maximum atomic E-state index is 12.8. The van der Waals surface area contributed by atoms with Crippen LogP contribution in [0.1, 0.15) is 47.1 Å². The van der Waals surface area contributed by atoms with Crippen LogP contribution in [-0.4, -0.2) is 23.5 Å². The summed E-state index contributed by atoms with van der Waals surface area (Å²) in [5, 5.41) is 3.59. The summed E-state index contributed by atoms with van der Waals surface area (Å²) < 4.78 is 5.34. The molecule has 1 atom stereocenters. The van der Waals surface area contributed by atoms with Gasteiger partial charge in [0.2, 0.25) is 0 Å². The van der Waals surface area contributed by atoms with Gasteiger partial charge in [0.25, 0.3) is 5.91 Å². The zero-order valence-electron chi connectivity index (χ0n) is 16.4. The Balaban J connectivity index is 1.73. The molecule has 0 unspecified atom stereocenters. The lowest BCUT2D eigenvalue weighted by Gasteiger charge is -2.15. The van der Waals surface area contributed by atoms with Crippen molar-refractivity contribution < 1.29 is 14.3 Å². The van der Waals surface area contributed by atoms with Crippen LogP contribution < -0.4 is 5.32 Å². The number of amides is 1. The number of carbonyl (C=O) groups excluding carboxylic acids is 2. The summed E-state index contributed by atoms with van der Waals surface area (Å²) in [6.45, 7) is 5.43. The predicted molar refractivity (Wildman–Crippen MR) is 109 cm³/mol. The molecule has 2 aromatic carbocycles. The van der Waals surface area contributed by atoms with E-state index < -0.39 is 5.97 Å². The number of aromatic nitrogens is 1. The molecule has 144 valence electrons. The van der Waals surface area contributed by atoms with E-state index in [1.807, 2.05) is 75.4 Å². The highest BCUT2D eigenvalue weighted by atomic mass is 16.5. The van der Waals surface area contributed by atoms with Crippen molar-refractivity contribution in [3.8, 4) is 0 Å². The molecule has 1 heterocycles. The molecular formula is C23H24N2O3. The van der Waals surface area contributed by atoms with Crippen LogP contribution in [0.3, 0.4) is 0 Å². The van der Waals surface area contributed by atoms with E-state index in [-0.39, 0.29) is 18.6 Å². The first-order valence-electron chi connectivity index (χ1n) is 9.41. The summed E-state index contributed by atoms with van der Waals surface area (Å²) in [4.78, 5) is 29.6. The standard InChI is InChI=1S/C23H24N2O3/c1-4-19-15(2)22(18-12-8-9-13-20(18)25-19)23(27)28-14-21(26)24-16(3)17-10-6-5-7-11-17/h5-13,16H,4,14H2,1-3H3,(H,24,26)/t16-/m1/s1. The lowest BCUT2D eigenvalue weighted by Crippen LogP contribution is -2.31. The second-order valence-corrected chi connectivity index (χ2v) is 6.71. The summed E-state index contributed by atoms with van der Waals surface area (Å²) in [7, 11) is 0. The molecule has 0 saturated heterocycles. The number of benzene rings is 2. The van der Waals surface area contributed by atoms with Crippen LogP contribution >= 0.6 is 0 Å². The molecule has 1 amide bonds. The normalized spacial score (nSPS) is 11.8. The second kappa shape index (κ2) is 8.65. The largest absolute Gasteiger partial charge is 0.452 e. The lowest BCUT2D eigenvalue weighted by atomic mass is 10.0. The Bertz CT molecular complexity index is 999. The quantitative estimate of drug-likeness (QED) is 0.657. The fraction of sp³-hybridized carbons (Fsp3) is 0.261. The number of ether oxygens (including phenoxy) is 1. The van der Waals surface area contributed by atoms with Crippen molar-refractivity contribution >= 4 is 22.8 Å². The van der Waals surface area contributed by atoms with Crippen LogP contribution in [-0.2, 0) is 16.0 Å². The van der Waals surface area contributed by atoms with Crippen molar-refractivity contribution in [3.63, 3.8) is 0 Å². The third kappa shape index (κ3) is 4.19. The number of rotatable bonds is 6. The number of carbonyl (C=O) groups is 2. The lowest BCUT2D eigenvalue weighted by molar-refractivity contribution is -0.124. The average Bonchev–Trinajstić information content (AvgIpc) is 2.72. The maximum absolute atomic E-state index is 12.8. The van der Waals surface area contributed by atoms with Gasteiger partial charge in [-0.05, 0) is 37.5 Å². The molecule has 5 nitrogen and oxygen atoms in total. The Hall–Kier alpha value is -3.21. The van der Waals surface area contributed by atoms with Crippen LogP contribution in [0.5, 0.6) is 0 Å². The topological polar surface area (TPSA) is 68.3 Å². The molecule has 0 aliphatic heterocycles. The zero-order valence-corrected chi connectivity index (χ0v) is 16.4. The van der Waals surface area contributed by atoms with E-state index in [2.05, 4.69) is 10.3 Å². The van der Waals surface area contributed by atoms with Crippen molar-refractivity contribution in [2.24, 2.45) is 0 Å². The van der Waals surface area contributed by atoms with Gasteiger partial charge in [0.15, 0.2) is 6.61 Å². The molecule has 0 aliphatic carbocycles. The summed E-state index contributed by atoms with van der Waals surface area (Å²) in [5.41, 5.74) is 3.87. The number of hydrogen-bond acceptors (Lipinski definition) is 4. The molecule has 5 heteroatoms.